The molecule has 5 aromatic rings. The van der Waals surface area contributed by atoms with Crippen LogP contribution in [0.25, 0.3) is 33.5 Å². The van der Waals surface area contributed by atoms with E-state index in [-0.39, 0.29) is 11.7 Å². The van der Waals surface area contributed by atoms with Gasteiger partial charge in [0, 0.05) is 28.7 Å². The van der Waals surface area contributed by atoms with Crippen molar-refractivity contribution in [3.8, 4) is 22.6 Å². The van der Waals surface area contributed by atoms with Crippen molar-refractivity contribution in [2.75, 3.05) is 11.1 Å². The number of amides is 1. The summed E-state index contributed by atoms with van der Waals surface area (Å²) >= 11 is 13.3. The van der Waals surface area contributed by atoms with Crippen molar-refractivity contribution in [1.82, 2.24) is 19.7 Å². The van der Waals surface area contributed by atoms with Crippen LogP contribution in [0.1, 0.15) is 6.92 Å². The van der Waals surface area contributed by atoms with Crippen LogP contribution < -0.4 is 5.32 Å². The average molecular weight is 534 g/mol. The molecule has 36 heavy (non-hydrogen) atoms. The van der Waals surface area contributed by atoms with Gasteiger partial charge < -0.3 is 9.88 Å². The highest BCUT2D eigenvalue weighted by molar-refractivity contribution is 7.99. The summed E-state index contributed by atoms with van der Waals surface area (Å²) in [5.41, 5.74) is 4.31. The Bertz CT molecular complexity index is 1560. The fourth-order valence-corrected chi connectivity index (χ4v) is 5.00. The number of halogens is 2. The largest absolute Gasteiger partial charge is 0.325 e. The Balaban J connectivity index is 1.44. The van der Waals surface area contributed by atoms with Gasteiger partial charge in [-0.15, -0.1) is 10.2 Å². The van der Waals surface area contributed by atoms with Gasteiger partial charge in [0.05, 0.1) is 27.0 Å². The number of carbonyl (C=O) groups excluding carboxylic acids is 1. The average Bonchev–Trinajstić information content (AvgIpc) is 3.32. The van der Waals surface area contributed by atoms with Crippen LogP contribution in [0.3, 0.4) is 0 Å². The molecule has 0 aliphatic carbocycles. The summed E-state index contributed by atoms with van der Waals surface area (Å²) in [6, 6.07) is 25.1. The smallest absolute Gasteiger partial charge is 0.234 e. The van der Waals surface area contributed by atoms with E-state index in [1.54, 1.807) is 18.2 Å². The molecule has 0 bridgehead atoms. The SMILES string of the molecule is CCn1c(SCC(=O)Nc2ccc(Cl)c(Cl)c2)nnc1-c1cc(-c2ccccc2)nc2ccccc12. The lowest BCUT2D eigenvalue weighted by Crippen LogP contribution is -2.14. The third kappa shape index (κ3) is 5.09. The zero-order valence-corrected chi connectivity index (χ0v) is 21.6. The number of aromatic nitrogens is 4. The molecule has 5 rings (SSSR count). The number of hydrogen-bond donors (Lipinski definition) is 1. The standard InChI is InChI=1S/C27H21Cl2N5OS/c1-2-34-26(32-33-27(34)36-16-25(35)30-18-12-13-21(28)22(29)14-18)20-15-24(17-8-4-3-5-9-17)31-23-11-7-6-10-19(20)23/h3-15H,2,16H2,1H3,(H,30,35). The first-order chi connectivity index (χ1) is 17.5. The van der Waals surface area contributed by atoms with E-state index < -0.39 is 0 Å². The molecule has 1 N–H and O–H groups in total. The second-order valence-electron chi connectivity index (χ2n) is 7.95. The summed E-state index contributed by atoms with van der Waals surface area (Å²) in [5.74, 6) is 0.733. The van der Waals surface area contributed by atoms with Gasteiger partial charge in [0.1, 0.15) is 0 Å². The van der Waals surface area contributed by atoms with Gasteiger partial charge in [0.25, 0.3) is 0 Å². The fraction of sp³-hybridized carbons (Fsp3) is 0.111. The van der Waals surface area contributed by atoms with Gasteiger partial charge in [0.15, 0.2) is 11.0 Å². The van der Waals surface area contributed by atoms with E-state index >= 15 is 0 Å². The van der Waals surface area contributed by atoms with Crippen molar-refractivity contribution in [3.63, 3.8) is 0 Å². The number of rotatable bonds is 7. The second kappa shape index (κ2) is 10.7. The van der Waals surface area contributed by atoms with Crippen molar-refractivity contribution < 1.29 is 4.79 Å². The Labute approximate surface area is 222 Å². The highest BCUT2D eigenvalue weighted by Crippen LogP contribution is 2.33. The van der Waals surface area contributed by atoms with Crippen LogP contribution in [0.5, 0.6) is 0 Å². The highest BCUT2D eigenvalue weighted by Gasteiger charge is 2.18. The Morgan fingerprint density at radius 2 is 1.72 bits per heavy atom. The molecular formula is C27H21Cl2N5OS. The van der Waals surface area contributed by atoms with E-state index in [0.29, 0.717) is 27.4 Å². The van der Waals surface area contributed by atoms with E-state index in [4.69, 9.17) is 28.2 Å². The summed E-state index contributed by atoms with van der Waals surface area (Å²) in [6.45, 7) is 2.69. The predicted octanol–water partition coefficient (Wildman–Crippen LogP) is 7.22. The quantitative estimate of drug-likeness (QED) is 0.223. The van der Waals surface area contributed by atoms with Gasteiger partial charge in [-0.2, -0.15) is 0 Å². The molecule has 0 aliphatic rings. The first kappa shape index (κ1) is 24.3. The Morgan fingerprint density at radius 1 is 0.944 bits per heavy atom. The third-order valence-corrected chi connectivity index (χ3v) is 7.30. The van der Waals surface area contributed by atoms with E-state index in [2.05, 4.69) is 21.6 Å². The summed E-state index contributed by atoms with van der Waals surface area (Å²) in [5, 5.41) is 14.3. The van der Waals surface area contributed by atoms with Gasteiger partial charge in [-0.25, -0.2) is 4.98 Å². The fourth-order valence-electron chi connectivity index (χ4n) is 3.90. The molecule has 0 fully saturated rings. The van der Waals surface area contributed by atoms with E-state index in [1.807, 2.05) is 66.1 Å². The zero-order valence-electron chi connectivity index (χ0n) is 19.3. The van der Waals surface area contributed by atoms with Crippen LogP contribution in [-0.4, -0.2) is 31.4 Å². The first-order valence-electron chi connectivity index (χ1n) is 11.3. The number of anilines is 1. The minimum atomic E-state index is -0.175. The second-order valence-corrected chi connectivity index (χ2v) is 9.71. The zero-order chi connectivity index (χ0) is 25.1. The maximum atomic E-state index is 12.6. The van der Waals surface area contributed by atoms with Crippen LogP contribution in [-0.2, 0) is 11.3 Å². The van der Waals surface area contributed by atoms with E-state index in [9.17, 15) is 4.79 Å². The topological polar surface area (TPSA) is 72.7 Å². The molecular weight excluding hydrogens is 513 g/mol. The molecule has 3 aromatic carbocycles. The number of thioether (sulfide) groups is 1. The number of para-hydroxylation sites is 1. The Morgan fingerprint density at radius 3 is 2.50 bits per heavy atom. The van der Waals surface area contributed by atoms with Gasteiger partial charge in [-0.3, -0.25) is 4.79 Å². The highest BCUT2D eigenvalue weighted by atomic mass is 35.5. The molecule has 0 atom stereocenters. The summed E-state index contributed by atoms with van der Waals surface area (Å²) in [7, 11) is 0. The molecule has 0 aliphatic heterocycles. The summed E-state index contributed by atoms with van der Waals surface area (Å²) < 4.78 is 2.02. The minimum Gasteiger partial charge on any atom is -0.325 e. The van der Waals surface area contributed by atoms with Crippen molar-refractivity contribution >= 4 is 57.5 Å². The molecule has 0 spiro atoms. The first-order valence-corrected chi connectivity index (χ1v) is 13.0. The lowest BCUT2D eigenvalue weighted by Gasteiger charge is -2.12. The molecule has 0 saturated heterocycles. The van der Waals surface area contributed by atoms with Crippen LogP contribution in [0.15, 0.2) is 84.0 Å². The van der Waals surface area contributed by atoms with E-state index in [0.717, 1.165) is 33.5 Å². The lowest BCUT2D eigenvalue weighted by molar-refractivity contribution is -0.113. The molecule has 180 valence electrons. The molecule has 0 saturated carbocycles. The van der Waals surface area contributed by atoms with E-state index in [1.165, 1.54) is 11.8 Å². The van der Waals surface area contributed by atoms with Crippen molar-refractivity contribution in [2.45, 2.75) is 18.6 Å². The van der Waals surface area contributed by atoms with Gasteiger partial charge in [-0.05, 0) is 37.3 Å². The Kier molecular flexibility index (Phi) is 7.23. The monoisotopic (exact) mass is 533 g/mol. The van der Waals surface area contributed by atoms with Crippen LogP contribution in [0.4, 0.5) is 5.69 Å². The van der Waals surface area contributed by atoms with Crippen molar-refractivity contribution in [1.29, 1.82) is 0 Å². The number of hydrogen-bond acceptors (Lipinski definition) is 5. The lowest BCUT2D eigenvalue weighted by atomic mass is 10.0. The number of fused-ring (bicyclic) bond motifs is 1. The maximum absolute atomic E-state index is 12.6. The molecule has 0 radical (unpaired) electrons. The van der Waals surface area contributed by atoms with Gasteiger partial charge in [-0.1, -0.05) is 83.5 Å². The normalized spacial score (nSPS) is 11.1. The Hall–Kier alpha value is -3.39. The van der Waals surface area contributed by atoms with Crippen LogP contribution >= 0.6 is 35.0 Å². The van der Waals surface area contributed by atoms with Crippen molar-refractivity contribution in [3.05, 3.63) is 88.9 Å². The third-order valence-electron chi connectivity index (χ3n) is 5.60. The molecule has 0 unspecified atom stereocenters. The number of nitrogens with one attached hydrogen (secondary N) is 1. The van der Waals surface area contributed by atoms with Crippen LogP contribution in [0, 0.1) is 0 Å². The molecule has 1 amide bonds. The molecule has 9 heteroatoms. The number of nitrogens with zero attached hydrogens (tertiary/aromatic N) is 4. The molecule has 6 nitrogen and oxygen atoms in total. The maximum Gasteiger partial charge on any atom is 0.234 e. The van der Waals surface area contributed by atoms with Gasteiger partial charge >= 0.3 is 0 Å². The molecule has 2 heterocycles. The number of pyridine rings is 1. The summed E-state index contributed by atoms with van der Waals surface area (Å²) in [4.78, 5) is 17.4. The van der Waals surface area contributed by atoms with Gasteiger partial charge in [0.2, 0.25) is 5.91 Å². The minimum absolute atomic E-state index is 0.171. The molecule has 2 aromatic heterocycles. The number of carbonyl (C=O) groups is 1. The van der Waals surface area contributed by atoms with Crippen molar-refractivity contribution in [2.24, 2.45) is 0 Å². The predicted molar refractivity (Wildman–Crippen MR) is 148 cm³/mol. The number of benzene rings is 3. The summed E-state index contributed by atoms with van der Waals surface area (Å²) in [6.07, 6.45) is 0. The van der Waals surface area contributed by atoms with Crippen LogP contribution in [0.2, 0.25) is 10.0 Å².